The van der Waals surface area contributed by atoms with Crippen LogP contribution in [-0.4, -0.2) is 26.6 Å². The Morgan fingerprint density at radius 3 is 2.43 bits per heavy atom. The number of hydrogen-bond acceptors (Lipinski definition) is 4. The molecule has 0 atom stereocenters. The maximum atomic E-state index is 12.9. The van der Waals surface area contributed by atoms with Crippen molar-refractivity contribution in [1.29, 1.82) is 0 Å². The number of anilines is 1. The second-order valence-corrected chi connectivity index (χ2v) is 6.32. The predicted octanol–water partition coefficient (Wildman–Crippen LogP) is 2.26. The summed E-state index contributed by atoms with van der Waals surface area (Å²) < 4.78 is 45.1. The van der Waals surface area contributed by atoms with Crippen molar-refractivity contribution in [3.05, 3.63) is 53.8 Å². The van der Waals surface area contributed by atoms with E-state index in [-0.39, 0.29) is 22.8 Å². The molecule has 2 aromatic rings. The number of carboxylic acids is 1. The second-order valence-electron chi connectivity index (χ2n) is 4.67. The minimum atomic E-state index is -4.02. The molecule has 0 fully saturated rings. The summed E-state index contributed by atoms with van der Waals surface area (Å²) in [7, 11) is -2.71. The summed E-state index contributed by atoms with van der Waals surface area (Å²) in [4.78, 5) is 10.6. The quantitative estimate of drug-likeness (QED) is 0.842. The highest BCUT2D eigenvalue weighted by Gasteiger charge is 2.21. The van der Waals surface area contributed by atoms with Gasteiger partial charge < -0.3 is 9.84 Å². The summed E-state index contributed by atoms with van der Waals surface area (Å²) in [5.41, 5.74) is 0.495. The molecule has 0 aromatic heterocycles. The Labute approximate surface area is 132 Å². The van der Waals surface area contributed by atoms with Gasteiger partial charge in [-0.2, -0.15) is 0 Å². The highest BCUT2D eigenvalue weighted by molar-refractivity contribution is 7.92. The zero-order chi connectivity index (χ0) is 17.0. The number of nitrogens with one attached hydrogen (secondary N) is 1. The van der Waals surface area contributed by atoms with Crippen molar-refractivity contribution in [2.45, 2.75) is 11.3 Å². The van der Waals surface area contributed by atoms with Crippen molar-refractivity contribution in [2.24, 2.45) is 0 Å². The van der Waals surface area contributed by atoms with E-state index in [9.17, 15) is 17.6 Å². The van der Waals surface area contributed by atoms with Crippen LogP contribution >= 0.6 is 0 Å². The molecule has 122 valence electrons. The first kappa shape index (κ1) is 16.8. The van der Waals surface area contributed by atoms with Crippen LogP contribution in [0.25, 0.3) is 0 Å². The molecule has 0 unspecified atom stereocenters. The van der Waals surface area contributed by atoms with E-state index in [0.29, 0.717) is 5.56 Å². The number of carbonyl (C=O) groups is 1. The van der Waals surface area contributed by atoms with Crippen LogP contribution < -0.4 is 9.46 Å². The number of benzene rings is 2. The lowest BCUT2D eigenvalue weighted by atomic mass is 10.1. The van der Waals surface area contributed by atoms with Gasteiger partial charge in [0.05, 0.1) is 13.5 Å². The van der Waals surface area contributed by atoms with Gasteiger partial charge in [-0.3, -0.25) is 9.52 Å². The fourth-order valence-corrected chi connectivity index (χ4v) is 3.22. The van der Waals surface area contributed by atoms with Crippen LogP contribution in [0.4, 0.5) is 10.1 Å². The molecule has 2 aromatic carbocycles. The minimum Gasteiger partial charge on any atom is -0.495 e. The van der Waals surface area contributed by atoms with Gasteiger partial charge in [-0.1, -0.05) is 6.07 Å². The van der Waals surface area contributed by atoms with Crippen LogP contribution in [0.3, 0.4) is 0 Å². The summed E-state index contributed by atoms with van der Waals surface area (Å²) in [6.07, 6.45) is -0.316. The number of carboxylic acid groups (broad SMARTS) is 1. The fourth-order valence-electron chi connectivity index (χ4n) is 1.94. The van der Waals surface area contributed by atoms with E-state index in [1.807, 2.05) is 0 Å². The summed E-state index contributed by atoms with van der Waals surface area (Å²) in [6.45, 7) is 0. The lowest BCUT2D eigenvalue weighted by Gasteiger charge is -2.12. The van der Waals surface area contributed by atoms with Crippen molar-refractivity contribution >= 4 is 21.7 Å². The molecule has 0 aliphatic carbocycles. The first-order valence-corrected chi connectivity index (χ1v) is 7.97. The Balaban J connectivity index is 2.40. The van der Waals surface area contributed by atoms with Gasteiger partial charge in [0.2, 0.25) is 0 Å². The third kappa shape index (κ3) is 4.19. The monoisotopic (exact) mass is 339 g/mol. The number of aliphatic carboxylic acids is 1. The van der Waals surface area contributed by atoms with Gasteiger partial charge in [0, 0.05) is 5.69 Å². The zero-order valence-electron chi connectivity index (χ0n) is 12.1. The summed E-state index contributed by atoms with van der Waals surface area (Å²) in [6, 6.07) is 8.90. The first-order valence-electron chi connectivity index (χ1n) is 6.49. The van der Waals surface area contributed by atoms with Gasteiger partial charge in [0.25, 0.3) is 10.0 Å². The molecule has 0 radical (unpaired) electrons. The average Bonchev–Trinajstić information content (AvgIpc) is 2.49. The Morgan fingerprint density at radius 1 is 1.22 bits per heavy atom. The van der Waals surface area contributed by atoms with E-state index in [0.717, 1.165) is 12.1 Å². The lowest BCUT2D eigenvalue weighted by Crippen LogP contribution is -2.15. The van der Waals surface area contributed by atoms with Gasteiger partial charge in [0.15, 0.2) is 0 Å². The molecule has 6 nitrogen and oxygen atoms in total. The number of methoxy groups -OCH3 is 1. The van der Waals surface area contributed by atoms with E-state index in [1.165, 1.54) is 37.4 Å². The molecular formula is C15H14FNO5S. The highest BCUT2D eigenvalue weighted by atomic mass is 32.2. The molecular weight excluding hydrogens is 325 g/mol. The van der Waals surface area contributed by atoms with Crippen molar-refractivity contribution in [3.63, 3.8) is 0 Å². The van der Waals surface area contributed by atoms with Crippen molar-refractivity contribution in [2.75, 3.05) is 11.8 Å². The minimum absolute atomic E-state index is 0.0775. The Bertz CT molecular complexity index is 818. The largest absolute Gasteiger partial charge is 0.495 e. The normalized spacial score (nSPS) is 11.0. The predicted molar refractivity (Wildman–Crippen MR) is 81.5 cm³/mol. The topological polar surface area (TPSA) is 92.7 Å². The van der Waals surface area contributed by atoms with Crippen LogP contribution in [0, 0.1) is 5.82 Å². The molecule has 0 amide bonds. The lowest BCUT2D eigenvalue weighted by molar-refractivity contribution is -0.136. The highest BCUT2D eigenvalue weighted by Crippen LogP contribution is 2.27. The SMILES string of the molecule is COc1ccc(CC(=O)O)cc1S(=O)(=O)Nc1ccc(F)cc1. The number of ether oxygens (including phenoxy) is 1. The molecule has 0 heterocycles. The third-order valence-electron chi connectivity index (χ3n) is 2.97. The molecule has 0 aliphatic heterocycles. The molecule has 0 bridgehead atoms. The number of sulfonamides is 1. The van der Waals surface area contributed by atoms with E-state index in [1.54, 1.807) is 0 Å². The molecule has 0 saturated carbocycles. The van der Waals surface area contributed by atoms with Gasteiger partial charge in [-0.15, -0.1) is 0 Å². The van der Waals surface area contributed by atoms with Gasteiger partial charge in [-0.25, -0.2) is 12.8 Å². The molecule has 2 N–H and O–H groups in total. The maximum Gasteiger partial charge on any atom is 0.307 e. The first-order chi connectivity index (χ1) is 10.8. The summed E-state index contributed by atoms with van der Waals surface area (Å²) >= 11 is 0. The van der Waals surface area contributed by atoms with Crippen LogP contribution in [0.1, 0.15) is 5.56 Å². The van der Waals surface area contributed by atoms with Crippen molar-refractivity contribution in [3.8, 4) is 5.75 Å². The molecule has 23 heavy (non-hydrogen) atoms. The van der Waals surface area contributed by atoms with E-state index >= 15 is 0 Å². The fraction of sp³-hybridized carbons (Fsp3) is 0.133. The number of hydrogen-bond donors (Lipinski definition) is 2. The Kier molecular flexibility index (Phi) is 4.85. The standard InChI is InChI=1S/C15H14FNO5S/c1-22-13-7-2-10(9-15(18)19)8-14(13)23(20,21)17-12-5-3-11(16)4-6-12/h2-8,17H,9H2,1H3,(H,18,19). The molecule has 0 saturated heterocycles. The number of halogens is 1. The van der Waals surface area contributed by atoms with Crippen LogP contribution in [-0.2, 0) is 21.2 Å². The molecule has 8 heteroatoms. The Hall–Kier alpha value is -2.61. The van der Waals surface area contributed by atoms with Gasteiger partial charge >= 0.3 is 5.97 Å². The molecule has 2 rings (SSSR count). The summed E-state index contributed by atoms with van der Waals surface area (Å²) in [5, 5.41) is 8.82. The average molecular weight is 339 g/mol. The maximum absolute atomic E-state index is 12.9. The van der Waals surface area contributed by atoms with E-state index in [2.05, 4.69) is 4.72 Å². The number of rotatable bonds is 6. The van der Waals surface area contributed by atoms with Gasteiger partial charge in [0.1, 0.15) is 16.5 Å². The zero-order valence-corrected chi connectivity index (χ0v) is 12.9. The second kappa shape index (κ2) is 6.66. The van der Waals surface area contributed by atoms with E-state index in [4.69, 9.17) is 9.84 Å². The van der Waals surface area contributed by atoms with Crippen LogP contribution in [0.15, 0.2) is 47.4 Å². The van der Waals surface area contributed by atoms with Crippen LogP contribution in [0.5, 0.6) is 5.75 Å². The molecule has 0 spiro atoms. The Morgan fingerprint density at radius 2 is 1.87 bits per heavy atom. The van der Waals surface area contributed by atoms with Crippen molar-refractivity contribution < 1.29 is 27.4 Å². The summed E-state index contributed by atoms with van der Waals surface area (Å²) in [5.74, 6) is -1.49. The third-order valence-corrected chi connectivity index (χ3v) is 4.37. The van der Waals surface area contributed by atoms with Crippen LogP contribution in [0.2, 0.25) is 0 Å². The smallest absolute Gasteiger partial charge is 0.307 e. The van der Waals surface area contributed by atoms with Gasteiger partial charge in [-0.05, 0) is 42.0 Å². The van der Waals surface area contributed by atoms with E-state index < -0.39 is 21.8 Å². The van der Waals surface area contributed by atoms with Crippen molar-refractivity contribution in [1.82, 2.24) is 0 Å². The molecule has 0 aliphatic rings.